The Bertz CT molecular complexity index is 205. The van der Waals surface area contributed by atoms with Gasteiger partial charge in [0, 0.05) is 5.70 Å². The van der Waals surface area contributed by atoms with E-state index in [1.165, 1.54) is 0 Å². The molecular formula is C10H13N. The molecule has 0 atom stereocenters. The Morgan fingerprint density at radius 2 is 1.73 bits per heavy atom. The number of allylic oxidation sites excluding steroid dienone is 5. The van der Waals surface area contributed by atoms with E-state index in [2.05, 4.69) is 24.0 Å². The highest BCUT2D eigenvalue weighted by Gasteiger charge is 1.96. The second kappa shape index (κ2) is 3.81. The van der Waals surface area contributed by atoms with Gasteiger partial charge in [0.25, 0.3) is 0 Å². The van der Waals surface area contributed by atoms with Crippen LogP contribution in [0.2, 0.25) is 0 Å². The first-order chi connectivity index (χ1) is 5.29. The fourth-order valence-corrected chi connectivity index (χ4v) is 0.941. The van der Waals surface area contributed by atoms with Crippen LogP contribution in [0.5, 0.6) is 0 Å². The van der Waals surface area contributed by atoms with Crippen molar-refractivity contribution in [3.63, 3.8) is 0 Å². The summed E-state index contributed by atoms with van der Waals surface area (Å²) < 4.78 is 0. The van der Waals surface area contributed by atoms with Gasteiger partial charge in [-0.15, -0.1) is 0 Å². The second-order valence-corrected chi connectivity index (χ2v) is 2.61. The Labute approximate surface area is 67.8 Å². The molecule has 0 bridgehead atoms. The highest BCUT2D eigenvalue weighted by atomic mass is 14.9. The van der Waals surface area contributed by atoms with Crippen LogP contribution in [-0.2, 0) is 0 Å². The quantitative estimate of drug-likeness (QED) is 0.631. The van der Waals surface area contributed by atoms with Gasteiger partial charge in [0.2, 0.25) is 0 Å². The summed E-state index contributed by atoms with van der Waals surface area (Å²) in [7, 11) is 0. The van der Waals surface area contributed by atoms with Gasteiger partial charge in [0.05, 0.1) is 6.04 Å². The first-order valence-electron chi connectivity index (χ1n) is 3.73. The Morgan fingerprint density at radius 3 is 2.18 bits per heavy atom. The highest BCUT2D eigenvalue weighted by molar-refractivity contribution is 5.22. The molecule has 1 rings (SSSR count). The number of nitrogens with one attached hydrogen (secondary N) is 1. The van der Waals surface area contributed by atoms with Crippen LogP contribution in [0.1, 0.15) is 6.92 Å². The van der Waals surface area contributed by atoms with Crippen molar-refractivity contribution in [2.24, 2.45) is 0 Å². The molecule has 0 spiro atoms. The second-order valence-electron chi connectivity index (χ2n) is 2.61. The molecule has 0 saturated carbocycles. The summed E-state index contributed by atoms with van der Waals surface area (Å²) in [6, 6.07) is 0.294. The molecule has 0 aromatic heterocycles. The maximum Gasteiger partial charge on any atom is 0.0631 e. The Kier molecular flexibility index (Phi) is 2.73. The molecule has 1 heteroatoms. The Balaban J connectivity index is 2.53. The largest absolute Gasteiger partial charge is 0.379 e. The molecule has 1 N–H and O–H groups in total. The third-order valence-corrected chi connectivity index (χ3v) is 1.38. The van der Waals surface area contributed by atoms with E-state index >= 15 is 0 Å². The molecule has 0 heterocycles. The lowest BCUT2D eigenvalue weighted by molar-refractivity contribution is 0.791. The van der Waals surface area contributed by atoms with Crippen LogP contribution in [0.25, 0.3) is 0 Å². The average Bonchev–Trinajstić information content (AvgIpc) is 2.14. The van der Waals surface area contributed by atoms with E-state index in [9.17, 15) is 0 Å². The molecule has 0 aliphatic heterocycles. The monoisotopic (exact) mass is 147 g/mol. The van der Waals surface area contributed by atoms with Gasteiger partial charge >= 0.3 is 0 Å². The lowest BCUT2D eigenvalue weighted by Crippen LogP contribution is -2.22. The average molecular weight is 147 g/mol. The lowest BCUT2D eigenvalue weighted by Gasteiger charge is -2.10. The van der Waals surface area contributed by atoms with Crippen molar-refractivity contribution in [1.29, 1.82) is 0 Å². The molecule has 1 nitrogen and oxygen atoms in total. The minimum Gasteiger partial charge on any atom is -0.379 e. The van der Waals surface area contributed by atoms with Gasteiger partial charge in [-0.3, -0.25) is 0 Å². The van der Waals surface area contributed by atoms with Gasteiger partial charge < -0.3 is 5.32 Å². The van der Waals surface area contributed by atoms with Crippen LogP contribution in [0.15, 0.2) is 48.7 Å². The van der Waals surface area contributed by atoms with Crippen molar-refractivity contribution in [1.82, 2.24) is 5.32 Å². The maximum atomic E-state index is 3.78. The SMILES string of the molecule is C=C(C)NC1C=CC=CC=C1. The molecule has 58 valence electrons. The third kappa shape index (κ3) is 2.89. The van der Waals surface area contributed by atoms with E-state index in [0.29, 0.717) is 6.04 Å². The third-order valence-electron chi connectivity index (χ3n) is 1.38. The van der Waals surface area contributed by atoms with E-state index < -0.39 is 0 Å². The van der Waals surface area contributed by atoms with E-state index in [4.69, 9.17) is 0 Å². The summed E-state index contributed by atoms with van der Waals surface area (Å²) in [5, 5.41) is 3.21. The minimum atomic E-state index is 0.294. The molecule has 0 radical (unpaired) electrons. The molecule has 0 saturated heterocycles. The van der Waals surface area contributed by atoms with Crippen molar-refractivity contribution < 1.29 is 0 Å². The van der Waals surface area contributed by atoms with Crippen molar-refractivity contribution >= 4 is 0 Å². The van der Waals surface area contributed by atoms with Crippen LogP contribution in [0, 0.1) is 0 Å². The van der Waals surface area contributed by atoms with Crippen molar-refractivity contribution in [2.75, 3.05) is 0 Å². The van der Waals surface area contributed by atoms with Crippen LogP contribution in [0.3, 0.4) is 0 Å². The molecule has 0 aromatic rings. The standard InChI is InChI=1S/C10H13N/c1-9(2)11-10-7-5-3-4-6-8-10/h3-8,10-11H,1H2,2H3. The smallest absolute Gasteiger partial charge is 0.0631 e. The van der Waals surface area contributed by atoms with Crippen molar-refractivity contribution in [3.8, 4) is 0 Å². The fourth-order valence-electron chi connectivity index (χ4n) is 0.941. The van der Waals surface area contributed by atoms with E-state index in [1.807, 2.05) is 31.2 Å². The summed E-state index contributed by atoms with van der Waals surface area (Å²) in [5.41, 5.74) is 0.992. The highest BCUT2D eigenvalue weighted by Crippen LogP contribution is 1.98. The maximum absolute atomic E-state index is 3.78. The molecule has 1 aliphatic carbocycles. The van der Waals surface area contributed by atoms with Crippen molar-refractivity contribution in [2.45, 2.75) is 13.0 Å². The van der Waals surface area contributed by atoms with E-state index in [0.717, 1.165) is 5.70 Å². The lowest BCUT2D eigenvalue weighted by atomic mass is 10.2. The number of rotatable bonds is 2. The molecule has 0 unspecified atom stereocenters. The van der Waals surface area contributed by atoms with Crippen LogP contribution < -0.4 is 5.32 Å². The molecule has 1 aliphatic rings. The molecule has 11 heavy (non-hydrogen) atoms. The topological polar surface area (TPSA) is 12.0 Å². The van der Waals surface area contributed by atoms with Crippen molar-refractivity contribution in [3.05, 3.63) is 48.7 Å². The van der Waals surface area contributed by atoms with E-state index in [-0.39, 0.29) is 0 Å². The van der Waals surface area contributed by atoms with Gasteiger partial charge in [-0.05, 0) is 6.92 Å². The zero-order chi connectivity index (χ0) is 8.10. The Hall–Kier alpha value is -1.24. The molecule has 0 amide bonds. The van der Waals surface area contributed by atoms with Gasteiger partial charge in [-0.1, -0.05) is 43.0 Å². The zero-order valence-electron chi connectivity index (χ0n) is 6.75. The normalized spacial score (nSPS) is 16.5. The van der Waals surface area contributed by atoms with Crippen LogP contribution in [0.4, 0.5) is 0 Å². The predicted octanol–water partition coefficient (Wildman–Crippen LogP) is 2.16. The van der Waals surface area contributed by atoms with Gasteiger partial charge in [0.1, 0.15) is 0 Å². The van der Waals surface area contributed by atoms with Gasteiger partial charge in [0.15, 0.2) is 0 Å². The fraction of sp³-hybridized carbons (Fsp3) is 0.200. The molecule has 0 aromatic carbocycles. The zero-order valence-corrected chi connectivity index (χ0v) is 6.75. The van der Waals surface area contributed by atoms with Gasteiger partial charge in [-0.25, -0.2) is 0 Å². The summed E-state index contributed by atoms with van der Waals surface area (Å²) in [6.45, 7) is 5.74. The molecule has 0 fully saturated rings. The summed E-state index contributed by atoms with van der Waals surface area (Å²) in [6.07, 6.45) is 12.3. The molecular weight excluding hydrogens is 134 g/mol. The number of hydrogen-bond donors (Lipinski definition) is 1. The van der Waals surface area contributed by atoms with Crippen LogP contribution in [-0.4, -0.2) is 6.04 Å². The van der Waals surface area contributed by atoms with E-state index in [1.54, 1.807) is 0 Å². The number of hydrogen-bond acceptors (Lipinski definition) is 1. The first kappa shape index (κ1) is 7.86. The Morgan fingerprint density at radius 1 is 1.18 bits per heavy atom. The van der Waals surface area contributed by atoms with Crippen LogP contribution >= 0.6 is 0 Å². The summed E-state index contributed by atoms with van der Waals surface area (Å²) in [4.78, 5) is 0. The summed E-state index contributed by atoms with van der Waals surface area (Å²) in [5.74, 6) is 0. The predicted molar refractivity (Wildman–Crippen MR) is 49.2 cm³/mol. The minimum absolute atomic E-state index is 0.294. The summed E-state index contributed by atoms with van der Waals surface area (Å²) >= 11 is 0. The van der Waals surface area contributed by atoms with Gasteiger partial charge in [-0.2, -0.15) is 0 Å². The first-order valence-corrected chi connectivity index (χ1v) is 3.73.